The van der Waals surface area contributed by atoms with E-state index in [9.17, 15) is 0 Å². The van der Waals surface area contributed by atoms with Gasteiger partial charge in [0.2, 0.25) is 0 Å². The van der Waals surface area contributed by atoms with Crippen molar-refractivity contribution >= 4 is 29.9 Å². The summed E-state index contributed by atoms with van der Waals surface area (Å²) < 4.78 is 11.5. The predicted octanol–water partition coefficient (Wildman–Crippen LogP) is 4.46. The van der Waals surface area contributed by atoms with E-state index in [-0.39, 0.29) is 24.0 Å². The van der Waals surface area contributed by atoms with Gasteiger partial charge >= 0.3 is 0 Å². The Morgan fingerprint density at radius 2 is 1.79 bits per heavy atom. The van der Waals surface area contributed by atoms with Crippen LogP contribution in [-0.2, 0) is 22.6 Å². The Balaban J connectivity index is 0.00000306. The van der Waals surface area contributed by atoms with Gasteiger partial charge in [-0.25, -0.2) is 4.99 Å². The molecule has 0 atom stereocenters. The van der Waals surface area contributed by atoms with Crippen LogP contribution < -0.4 is 10.6 Å². The molecule has 0 bridgehead atoms. The molecule has 3 aliphatic rings. The third-order valence-corrected chi connectivity index (χ3v) is 7.12. The SMILES string of the molecule is CCNC(=NCc1cccc(COC2CCOCC2)c1)NC1CCN(C2CCCC2)CC1.I. The molecule has 1 aromatic carbocycles. The number of rotatable bonds is 8. The number of halogens is 1. The lowest BCUT2D eigenvalue weighted by atomic mass is 10.0. The summed E-state index contributed by atoms with van der Waals surface area (Å²) in [4.78, 5) is 7.61. The highest BCUT2D eigenvalue weighted by atomic mass is 127. The molecule has 2 heterocycles. The maximum atomic E-state index is 6.09. The summed E-state index contributed by atoms with van der Waals surface area (Å²) in [5.74, 6) is 0.940. The van der Waals surface area contributed by atoms with Crippen LogP contribution in [0, 0.1) is 0 Å². The van der Waals surface area contributed by atoms with Crippen molar-refractivity contribution in [1.29, 1.82) is 0 Å². The maximum Gasteiger partial charge on any atom is 0.191 e. The molecule has 1 aliphatic carbocycles. The zero-order valence-corrected chi connectivity index (χ0v) is 22.6. The first-order chi connectivity index (χ1) is 15.8. The zero-order valence-electron chi connectivity index (χ0n) is 20.3. The molecule has 2 aliphatic heterocycles. The van der Waals surface area contributed by atoms with Gasteiger partial charge in [-0.2, -0.15) is 0 Å². The summed E-state index contributed by atoms with van der Waals surface area (Å²) in [6, 6.07) is 10.0. The van der Waals surface area contributed by atoms with Gasteiger partial charge in [0.05, 0.1) is 19.3 Å². The molecule has 1 aromatic rings. The van der Waals surface area contributed by atoms with Crippen molar-refractivity contribution in [3.05, 3.63) is 35.4 Å². The summed E-state index contributed by atoms with van der Waals surface area (Å²) in [5, 5.41) is 7.13. The standard InChI is InChI=1S/C26H42N4O2.HI/c1-2-27-26(29-23-10-14-30(15-11-23)24-8-3-4-9-24)28-19-21-6-5-7-22(18-21)20-32-25-12-16-31-17-13-25;/h5-7,18,23-25H,2-4,8-17,19-20H2,1H3,(H2,27,28,29);1H. The van der Waals surface area contributed by atoms with Crippen molar-refractivity contribution in [3.63, 3.8) is 0 Å². The molecule has 2 saturated heterocycles. The van der Waals surface area contributed by atoms with Crippen LogP contribution in [0.15, 0.2) is 29.3 Å². The minimum atomic E-state index is 0. The molecule has 0 amide bonds. The number of benzene rings is 1. The summed E-state index contributed by atoms with van der Waals surface area (Å²) in [6.07, 6.45) is 10.4. The van der Waals surface area contributed by atoms with Gasteiger partial charge in [0.25, 0.3) is 0 Å². The van der Waals surface area contributed by atoms with Gasteiger partial charge < -0.3 is 25.0 Å². The third kappa shape index (κ3) is 8.67. The maximum absolute atomic E-state index is 6.09. The molecule has 0 aromatic heterocycles. The van der Waals surface area contributed by atoms with Crippen LogP contribution in [0.1, 0.15) is 69.4 Å². The number of nitrogens with one attached hydrogen (secondary N) is 2. The minimum Gasteiger partial charge on any atom is -0.381 e. The molecule has 0 unspecified atom stereocenters. The fourth-order valence-electron chi connectivity index (χ4n) is 5.24. The summed E-state index contributed by atoms with van der Waals surface area (Å²) in [5.41, 5.74) is 2.45. The second kappa shape index (κ2) is 14.5. The molecule has 7 heteroatoms. The Morgan fingerprint density at radius 3 is 2.52 bits per heavy atom. The molecule has 3 fully saturated rings. The molecule has 33 heavy (non-hydrogen) atoms. The van der Waals surface area contributed by atoms with Crippen molar-refractivity contribution in [3.8, 4) is 0 Å². The monoisotopic (exact) mass is 570 g/mol. The fourth-order valence-corrected chi connectivity index (χ4v) is 5.24. The number of ether oxygens (including phenoxy) is 2. The van der Waals surface area contributed by atoms with Crippen molar-refractivity contribution in [2.24, 2.45) is 4.99 Å². The Morgan fingerprint density at radius 1 is 1.06 bits per heavy atom. The minimum absolute atomic E-state index is 0. The zero-order chi connectivity index (χ0) is 22.0. The highest BCUT2D eigenvalue weighted by Gasteiger charge is 2.27. The van der Waals surface area contributed by atoms with Gasteiger partial charge in [-0.3, -0.25) is 0 Å². The molecule has 2 N–H and O–H groups in total. The van der Waals surface area contributed by atoms with E-state index in [0.29, 0.717) is 25.3 Å². The van der Waals surface area contributed by atoms with Crippen LogP contribution in [0.4, 0.5) is 0 Å². The Kier molecular flexibility index (Phi) is 11.7. The molecule has 186 valence electrons. The number of piperidine rings is 1. The summed E-state index contributed by atoms with van der Waals surface area (Å²) in [7, 11) is 0. The number of guanidine groups is 1. The predicted molar refractivity (Wildman–Crippen MR) is 145 cm³/mol. The van der Waals surface area contributed by atoms with E-state index in [4.69, 9.17) is 14.5 Å². The molecule has 4 rings (SSSR count). The molecule has 1 saturated carbocycles. The van der Waals surface area contributed by atoms with Crippen molar-refractivity contribution in [2.45, 2.75) is 89.6 Å². The number of hydrogen-bond acceptors (Lipinski definition) is 4. The first-order valence-electron chi connectivity index (χ1n) is 12.9. The van der Waals surface area contributed by atoms with E-state index >= 15 is 0 Å². The Labute approximate surface area is 217 Å². The van der Waals surface area contributed by atoms with Gasteiger partial charge in [-0.1, -0.05) is 37.1 Å². The van der Waals surface area contributed by atoms with E-state index in [2.05, 4.69) is 46.7 Å². The van der Waals surface area contributed by atoms with Gasteiger partial charge in [-0.15, -0.1) is 24.0 Å². The lowest BCUT2D eigenvalue weighted by molar-refractivity contribution is -0.0390. The Hall–Kier alpha value is -0.900. The van der Waals surface area contributed by atoms with Crippen molar-refractivity contribution < 1.29 is 9.47 Å². The molecule has 6 nitrogen and oxygen atoms in total. The smallest absolute Gasteiger partial charge is 0.191 e. The topological polar surface area (TPSA) is 58.1 Å². The van der Waals surface area contributed by atoms with Gasteiger partial charge in [0.15, 0.2) is 5.96 Å². The van der Waals surface area contributed by atoms with Gasteiger partial charge in [0, 0.05) is 44.9 Å². The summed E-state index contributed by atoms with van der Waals surface area (Å²) in [6.45, 7) is 8.44. The van der Waals surface area contributed by atoms with E-state index in [1.807, 2.05) is 0 Å². The number of hydrogen-bond donors (Lipinski definition) is 2. The Bertz CT molecular complexity index is 712. The van der Waals surface area contributed by atoms with Gasteiger partial charge in [-0.05, 0) is 56.6 Å². The van der Waals surface area contributed by atoms with E-state index in [0.717, 1.165) is 44.6 Å². The highest BCUT2D eigenvalue weighted by Crippen LogP contribution is 2.26. The summed E-state index contributed by atoms with van der Waals surface area (Å²) >= 11 is 0. The van der Waals surface area contributed by atoms with Crippen molar-refractivity contribution in [2.75, 3.05) is 32.8 Å². The van der Waals surface area contributed by atoms with E-state index < -0.39 is 0 Å². The van der Waals surface area contributed by atoms with Gasteiger partial charge in [0.1, 0.15) is 0 Å². The number of aliphatic imine (C=N–C) groups is 1. The van der Waals surface area contributed by atoms with Crippen LogP contribution in [0.3, 0.4) is 0 Å². The first kappa shape index (κ1) is 26.7. The van der Waals surface area contributed by atoms with Crippen LogP contribution in [0.25, 0.3) is 0 Å². The average Bonchev–Trinajstić information content (AvgIpc) is 3.38. The molecular formula is C26H43IN4O2. The van der Waals surface area contributed by atoms with Crippen molar-refractivity contribution in [1.82, 2.24) is 15.5 Å². The fraction of sp³-hybridized carbons (Fsp3) is 0.731. The van der Waals surface area contributed by atoms with E-state index in [1.54, 1.807) is 0 Å². The van der Waals surface area contributed by atoms with Crippen LogP contribution in [0.5, 0.6) is 0 Å². The third-order valence-electron chi connectivity index (χ3n) is 7.12. The lowest BCUT2D eigenvalue weighted by Crippen LogP contribution is -2.50. The highest BCUT2D eigenvalue weighted by molar-refractivity contribution is 14.0. The van der Waals surface area contributed by atoms with Crippen LogP contribution >= 0.6 is 24.0 Å². The second-order valence-corrected chi connectivity index (χ2v) is 9.53. The molecule has 0 spiro atoms. The molecule has 0 radical (unpaired) electrons. The first-order valence-corrected chi connectivity index (χ1v) is 12.9. The molecular weight excluding hydrogens is 527 g/mol. The van der Waals surface area contributed by atoms with E-state index in [1.165, 1.54) is 62.7 Å². The number of nitrogens with zero attached hydrogens (tertiary/aromatic N) is 2. The normalized spacial score (nSPS) is 21.7. The quantitative estimate of drug-likeness (QED) is 0.275. The van der Waals surface area contributed by atoms with Crippen LogP contribution in [0.2, 0.25) is 0 Å². The van der Waals surface area contributed by atoms with Crippen LogP contribution in [-0.4, -0.2) is 61.9 Å². The average molecular weight is 571 g/mol. The largest absolute Gasteiger partial charge is 0.381 e. The lowest BCUT2D eigenvalue weighted by Gasteiger charge is -2.36. The second-order valence-electron chi connectivity index (χ2n) is 9.53. The number of likely N-dealkylation sites (tertiary alicyclic amines) is 1.